The zero-order chi connectivity index (χ0) is 15.7. The molecule has 8 heteroatoms. The van der Waals surface area contributed by atoms with Crippen LogP contribution in [0.2, 0.25) is 0 Å². The van der Waals surface area contributed by atoms with Crippen LogP contribution in [0.3, 0.4) is 0 Å². The Balaban J connectivity index is 0.00000144. The quantitative estimate of drug-likeness (QED) is 0.821. The van der Waals surface area contributed by atoms with Crippen molar-refractivity contribution in [3.8, 4) is 9.88 Å². The highest BCUT2D eigenvalue weighted by Gasteiger charge is 2.31. The van der Waals surface area contributed by atoms with Gasteiger partial charge in [0.05, 0.1) is 10.6 Å². The highest BCUT2D eigenvalue weighted by Crippen LogP contribution is 2.33. The number of carbonyl (C=O) groups is 1. The number of nitrogens with zero attached hydrogens (tertiary/aromatic N) is 2. The molecule has 0 saturated carbocycles. The number of aryl methyl sites for hydroxylation is 1. The Bertz CT molecular complexity index is 658. The lowest BCUT2D eigenvalue weighted by atomic mass is 9.96. The van der Waals surface area contributed by atoms with E-state index in [0.29, 0.717) is 0 Å². The number of carbonyl (C=O) groups excluding carboxylic acids is 1. The first-order valence-electron chi connectivity index (χ1n) is 7.66. The van der Waals surface area contributed by atoms with Crippen LogP contribution in [0.25, 0.3) is 9.88 Å². The molecule has 2 aromatic rings. The van der Waals surface area contributed by atoms with Gasteiger partial charge in [0.2, 0.25) is 0 Å². The van der Waals surface area contributed by atoms with Crippen LogP contribution >= 0.6 is 47.5 Å². The fourth-order valence-corrected chi connectivity index (χ4v) is 4.81. The van der Waals surface area contributed by atoms with Crippen LogP contribution in [0.4, 0.5) is 0 Å². The maximum Gasteiger partial charge on any atom is 0.266 e. The number of piperidine rings is 1. The van der Waals surface area contributed by atoms with Gasteiger partial charge in [-0.1, -0.05) is 6.07 Å². The van der Waals surface area contributed by atoms with Crippen LogP contribution in [-0.2, 0) is 0 Å². The van der Waals surface area contributed by atoms with Crippen molar-refractivity contribution in [1.82, 2.24) is 9.88 Å². The van der Waals surface area contributed by atoms with Gasteiger partial charge in [0, 0.05) is 18.6 Å². The van der Waals surface area contributed by atoms with Crippen LogP contribution in [0.5, 0.6) is 0 Å². The molecular formula is C16H23Cl2N3OS2. The van der Waals surface area contributed by atoms with Gasteiger partial charge in [-0.15, -0.1) is 47.5 Å². The molecule has 2 aromatic heterocycles. The molecule has 0 aromatic carbocycles. The number of rotatable bonds is 3. The Morgan fingerprint density at radius 1 is 1.42 bits per heavy atom. The second-order valence-corrected chi connectivity index (χ2v) is 7.78. The number of nitrogens with two attached hydrogens (primary N) is 1. The minimum Gasteiger partial charge on any atom is -0.333 e. The summed E-state index contributed by atoms with van der Waals surface area (Å²) in [4.78, 5) is 21.4. The van der Waals surface area contributed by atoms with Crippen molar-refractivity contribution in [2.45, 2.75) is 45.2 Å². The van der Waals surface area contributed by atoms with E-state index >= 15 is 0 Å². The maximum atomic E-state index is 13.0. The molecule has 134 valence electrons. The molecule has 24 heavy (non-hydrogen) atoms. The van der Waals surface area contributed by atoms with E-state index in [4.69, 9.17) is 5.73 Å². The van der Waals surface area contributed by atoms with E-state index in [1.165, 1.54) is 11.3 Å². The number of aromatic nitrogens is 1. The normalized spacial score (nSPS) is 18.5. The molecule has 3 rings (SSSR count). The Kier molecular flexibility index (Phi) is 8.15. The summed E-state index contributed by atoms with van der Waals surface area (Å²) < 4.78 is 0. The monoisotopic (exact) mass is 407 g/mol. The van der Waals surface area contributed by atoms with Gasteiger partial charge in [-0.05, 0) is 44.6 Å². The lowest BCUT2D eigenvalue weighted by Crippen LogP contribution is -2.51. The van der Waals surface area contributed by atoms with E-state index in [9.17, 15) is 4.79 Å². The molecule has 0 radical (unpaired) electrons. The molecule has 0 aliphatic carbocycles. The summed E-state index contributed by atoms with van der Waals surface area (Å²) in [5.41, 5.74) is 6.92. The number of thiophene rings is 1. The molecule has 0 bridgehead atoms. The molecule has 4 nitrogen and oxygen atoms in total. The minimum absolute atomic E-state index is 0. The first-order chi connectivity index (χ1) is 10.6. The third-order valence-corrected chi connectivity index (χ3v) is 6.32. The van der Waals surface area contributed by atoms with Crippen molar-refractivity contribution in [3.05, 3.63) is 28.1 Å². The standard InChI is InChI=1S/C16H21N3OS2.2ClH/c1-10(17)12-6-3-4-8-19(12)16(20)14-11(2)18-15(22-14)13-7-5-9-21-13;;/h5,7,9-10,12H,3-4,6,8,17H2,1-2H3;2*1H. The van der Waals surface area contributed by atoms with E-state index in [1.54, 1.807) is 11.3 Å². The van der Waals surface area contributed by atoms with Gasteiger partial charge >= 0.3 is 0 Å². The largest absolute Gasteiger partial charge is 0.333 e. The van der Waals surface area contributed by atoms with E-state index in [1.807, 2.05) is 36.3 Å². The van der Waals surface area contributed by atoms with Gasteiger partial charge in [-0.3, -0.25) is 4.79 Å². The van der Waals surface area contributed by atoms with Crippen molar-refractivity contribution in [3.63, 3.8) is 0 Å². The first-order valence-corrected chi connectivity index (χ1v) is 9.35. The molecule has 2 unspecified atom stereocenters. The summed E-state index contributed by atoms with van der Waals surface area (Å²) in [6, 6.07) is 4.21. The van der Waals surface area contributed by atoms with Crippen molar-refractivity contribution < 1.29 is 4.79 Å². The topological polar surface area (TPSA) is 59.2 Å². The number of halogens is 2. The molecule has 2 atom stereocenters. The van der Waals surface area contributed by atoms with Gasteiger partial charge in [0.25, 0.3) is 5.91 Å². The van der Waals surface area contributed by atoms with Gasteiger partial charge in [-0.2, -0.15) is 0 Å². The minimum atomic E-state index is 0. The molecule has 1 aliphatic heterocycles. The van der Waals surface area contributed by atoms with E-state index < -0.39 is 0 Å². The Morgan fingerprint density at radius 3 is 2.79 bits per heavy atom. The summed E-state index contributed by atoms with van der Waals surface area (Å²) in [5, 5.41) is 2.97. The maximum absolute atomic E-state index is 13.0. The average molecular weight is 408 g/mol. The molecule has 2 N–H and O–H groups in total. The fourth-order valence-electron chi connectivity index (χ4n) is 2.99. The molecule has 0 spiro atoms. The third kappa shape index (κ3) is 4.29. The Labute approximate surface area is 163 Å². The lowest BCUT2D eigenvalue weighted by molar-refractivity contribution is 0.0588. The van der Waals surface area contributed by atoms with Gasteiger partial charge in [0.15, 0.2) is 0 Å². The number of likely N-dealkylation sites (tertiary alicyclic amines) is 1. The number of thiazole rings is 1. The summed E-state index contributed by atoms with van der Waals surface area (Å²) in [6.45, 7) is 4.72. The molecule has 1 aliphatic rings. The highest BCUT2D eigenvalue weighted by atomic mass is 35.5. The van der Waals surface area contributed by atoms with Crippen LogP contribution in [0.15, 0.2) is 17.5 Å². The predicted molar refractivity (Wildman–Crippen MR) is 107 cm³/mol. The fraction of sp³-hybridized carbons (Fsp3) is 0.500. The summed E-state index contributed by atoms with van der Waals surface area (Å²) in [6.07, 6.45) is 3.21. The van der Waals surface area contributed by atoms with Gasteiger partial charge < -0.3 is 10.6 Å². The van der Waals surface area contributed by atoms with E-state index in [0.717, 1.165) is 46.3 Å². The molecule has 1 fully saturated rings. The molecule has 1 saturated heterocycles. The van der Waals surface area contributed by atoms with E-state index in [-0.39, 0.29) is 42.8 Å². The number of hydrogen-bond acceptors (Lipinski definition) is 5. The Hall–Kier alpha value is -0.660. The second-order valence-electron chi connectivity index (χ2n) is 5.83. The lowest BCUT2D eigenvalue weighted by Gasteiger charge is -2.37. The molecule has 3 heterocycles. The SMILES string of the molecule is Cc1nc(-c2cccs2)sc1C(=O)N1CCCCC1C(C)N.Cl.Cl. The average Bonchev–Trinajstić information content (AvgIpc) is 3.15. The van der Waals surface area contributed by atoms with Crippen LogP contribution < -0.4 is 5.73 Å². The van der Waals surface area contributed by atoms with Crippen LogP contribution in [-0.4, -0.2) is 34.4 Å². The molecule has 1 amide bonds. The predicted octanol–water partition coefficient (Wildman–Crippen LogP) is 4.37. The molecular weight excluding hydrogens is 385 g/mol. The van der Waals surface area contributed by atoms with Gasteiger partial charge in [-0.25, -0.2) is 4.98 Å². The van der Waals surface area contributed by atoms with Crippen LogP contribution in [0.1, 0.15) is 41.6 Å². The Morgan fingerprint density at radius 2 is 2.17 bits per heavy atom. The van der Waals surface area contributed by atoms with E-state index in [2.05, 4.69) is 4.98 Å². The van der Waals surface area contributed by atoms with Crippen molar-refractivity contribution in [1.29, 1.82) is 0 Å². The smallest absolute Gasteiger partial charge is 0.266 e. The van der Waals surface area contributed by atoms with Crippen molar-refractivity contribution in [2.75, 3.05) is 6.54 Å². The van der Waals surface area contributed by atoms with Crippen LogP contribution in [0, 0.1) is 6.92 Å². The first kappa shape index (κ1) is 21.4. The third-order valence-electron chi connectivity index (χ3n) is 4.14. The number of hydrogen-bond donors (Lipinski definition) is 1. The highest BCUT2D eigenvalue weighted by molar-refractivity contribution is 7.22. The summed E-state index contributed by atoms with van der Waals surface area (Å²) >= 11 is 3.15. The van der Waals surface area contributed by atoms with Gasteiger partial charge in [0.1, 0.15) is 9.88 Å². The summed E-state index contributed by atoms with van der Waals surface area (Å²) in [5.74, 6) is 0.0970. The zero-order valence-corrected chi connectivity index (χ0v) is 17.0. The number of amides is 1. The zero-order valence-electron chi connectivity index (χ0n) is 13.7. The summed E-state index contributed by atoms with van der Waals surface area (Å²) in [7, 11) is 0. The second kappa shape index (κ2) is 9.15. The van der Waals surface area contributed by atoms with Crippen molar-refractivity contribution in [2.24, 2.45) is 5.73 Å². The van der Waals surface area contributed by atoms with Crippen molar-refractivity contribution >= 4 is 53.4 Å².